The summed E-state index contributed by atoms with van der Waals surface area (Å²) in [6, 6.07) is 7.61. The van der Waals surface area contributed by atoms with Crippen molar-refractivity contribution >= 4 is 5.97 Å². The summed E-state index contributed by atoms with van der Waals surface area (Å²) < 4.78 is 10.8. The van der Waals surface area contributed by atoms with Gasteiger partial charge in [-0.1, -0.05) is 29.4 Å². The molecule has 7 nitrogen and oxygen atoms in total. The molecule has 0 fully saturated rings. The van der Waals surface area contributed by atoms with Crippen LogP contribution in [0.25, 0.3) is 10.4 Å². The summed E-state index contributed by atoms with van der Waals surface area (Å²) in [4.78, 5) is 15.2. The largest absolute Gasteiger partial charge is 0.464 e. The molecule has 112 valence electrons. The molecule has 1 aromatic rings. The monoisotopic (exact) mass is 290 g/mol. The highest BCUT2D eigenvalue weighted by Gasteiger charge is 2.45. The highest BCUT2D eigenvalue weighted by molar-refractivity contribution is 5.83. The van der Waals surface area contributed by atoms with Crippen molar-refractivity contribution < 1.29 is 14.3 Å². The highest BCUT2D eigenvalue weighted by Crippen LogP contribution is 2.31. The third-order valence-corrected chi connectivity index (χ3v) is 3.38. The van der Waals surface area contributed by atoms with Crippen molar-refractivity contribution in [3.8, 4) is 0 Å². The van der Waals surface area contributed by atoms with E-state index >= 15 is 0 Å². The minimum atomic E-state index is -1.05. The lowest BCUT2D eigenvalue weighted by molar-refractivity contribution is -0.156. The van der Waals surface area contributed by atoms with Gasteiger partial charge in [-0.3, -0.25) is 5.32 Å². The van der Waals surface area contributed by atoms with Gasteiger partial charge in [0.15, 0.2) is 5.54 Å². The summed E-state index contributed by atoms with van der Waals surface area (Å²) in [5, 5.41) is 6.62. The van der Waals surface area contributed by atoms with Gasteiger partial charge in [-0.15, -0.1) is 0 Å². The molecular formula is C14H18N4O3. The van der Waals surface area contributed by atoms with Crippen LogP contribution in [0.3, 0.4) is 0 Å². The minimum absolute atomic E-state index is 0.194. The van der Waals surface area contributed by atoms with Gasteiger partial charge in [0.25, 0.3) is 0 Å². The van der Waals surface area contributed by atoms with Crippen LogP contribution in [0.5, 0.6) is 0 Å². The van der Waals surface area contributed by atoms with Gasteiger partial charge in [-0.2, -0.15) is 0 Å². The smallest absolute Gasteiger partial charge is 0.333 e. The van der Waals surface area contributed by atoms with E-state index in [0.29, 0.717) is 19.8 Å². The topological polar surface area (TPSA) is 96.3 Å². The first-order valence-corrected chi connectivity index (χ1v) is 6.84. The number of rotatable bonds is 6. The summed E-state index contributed by atoms with van der Waals surface area (Å²) in [7, 11) is 0. The zero-order valence-electron chi connectivity index (χ0n) is 11.9. The Balaban J connectivity index is 2.32. The highest BCUT2D eigenvalue weighted by atomic mass is 16.5. The standard InChI is InChI=1S/C14H18N4O3/c1-2-21-13(19)14(16-7-8-17-18-15)10-20-9-11-5-3-4-6-12(11)14/h3-6,16H,2,7-10H2,1H3. The fourth-order valence-electron chi connectivity index (χ4n) is 2.46. The Morgan fingerprint density at radius 2 is 2.38 bits per heavy atom. The van der Waals surface area contributed by atoms with Gasteiger partial charge >= 0.3 is 5.97 Å². The lowest BCUT2D eigenvalue weighted by Gasteiger charge is -2.37. The number of carbonyl (C=O) groups excluding carboxylic acids is 1. The Labute approximate surface area is 122 Å². The summed E-state index contributed by atoms with van der Waals surface area (Å²) in [6.45, 7) is 3.33. The molecule has 1 N–H and O–H groups in total. The number of hydrogen-bond donors (Lipinski definition) is 1. The Morgan fingerprint density at radius 1 is 1.57 bits per heavy atom. The van der Waals surface area contributed by atoms with E-state index in [4.69, 9.17) is 15.0 Å². The number of esters is 1. The van der Waals surface area contributed by atoms with E-state index in [1.165, 1.54) is 0 Å². The third kappa shape index (κ3) is 3.16. The summed E-state index contributed by atoms with van der Waals surface area (Å²) in [5.41, 5.74) is 9.10. The molecule has 2 rings (SSSR count). The maximum absolute atomic E-state index is 12.5. The van der Waals surface area contributed by atoms with Crippen molar-refractivity contribution in [2.45, 2.75) is 19.1 Å². The molecule has 0 amide bonds. The number of fused-ring (bicyclic) bond motifs is 1. The van der Waals surface area contributed by atoms with Crippen molar-refractivity contribution in [1.82, 2.24) is 5.32 Å². The van der Waals surface area contributed by atoms with Gasteiger partial charge in [0.2, 0.25) is 0 Å². The lowest BCUT2D eigenvalue weighted by atomic mass is 9.85. The second-order valence-electron chi connectivity index (χ2n) is 4.66. The zero-order chi connectivity index (χ0) is 15.1. The van der Waals surface area contributed by atoms with E-state index in [1.54, 1.807) is 6.92 Å². The zero-order valence-corrected chi connectivity index (χ0v) is 11.9. The van der Waals surface area contributed by atoms with E-state index in [0.717, 1.165) is 11.1 Å². The summed E-state index contributed by atoms with van der Waals surface area (Å²) in [6.07, 6.45) is 0. The van der Waals surface area contributed by atoms with Gasteiger partial charge < -0.3 is 9.47 Å². The molecule has 0 spiro atoms. The molecule has 0 saturated carbocycles. The van der Waals surface area contributed by atoms with E-state index in [1.807, 2.05) is 24.3 Å². The number of nitrogens with one attached hydrogen (secondary N) is 1. The van der Waals surface area contributed by atoms with Crippen LogP contribution in [0.15, 0.2) is 29.4 Å². The Hall–Kier alpha value is -2.08. The van der Waals surface area contributed by atoms with Crippen molar-refractivity contribution in [2.75, 3.05) is 26.3 Å². The van der Waals surface area contributed by atoms with Crippen LogP contribution >= 0.6 is 0 Å². The van der Waals surface area contributed by atoms with Gasteiger partial charge in [-0.25, -0.2) is 4.79 Å². The Morgan fingerprint density at radius 3 is 3.14 bits per heavy atom. The Kier molecular flexibility index (Phi) is 5.16. The van der Waals surface area contributed by atoms with Crippen LogP contribution in [0, 0.1) is 0 Å². The maximum Gasteiger partial charge on any atom is 0.333 e. The molecule has 0 radical (unpaired) electrons. The number of nitrogens with zero attached hydrogens (tertiary/aromatic N) is 3. The Bertz CT molecular complexity index is 557. The quantitative estimate of drug-likeness (QED) is 0.284. The normalized spacial score (nSPS) is 20.2. The van der Waals surface area contributed by atoms with Gasteiger partial charge in [0, 0.05) is 18.0 Å². The molecule has 7 heteroatoms. The van der Waals surface area contributed by atoms with Gasteiger partial charge in [0.1, 0.15) is 0 Å². The van der Waals surface area contributed by atoms with Gasteiger partial charge in [-0.05, 0) is 23.6 Å². The van der Waals surface area contributed by atoms with Crippen molar-refractivity contribution in [3.05, 3.63) is 45.8 Å². The molecule has 0 aromatic heterocycles. The van der Waals surface area contributed by atoms with E-state index in [-0.39, 0.29) is 19.1 Å². The minimum Gasteiger partial charge on any atom is -0.464 e. The number of carbonyl (C=O) groups is 1. The maximum atomic E-state index is 12.5. The predicted octanol–water partition coefficient (Wildman–Crippen LogP) is 1.88. The van der Waals surface area contributed by atoms with E-state index in [9.17, 15) is 4.79 Å². The van der Waals surface area contributed by atoms with Crippen molar-refractivity contribution in [1.29, 1.82) is 0 Å². The molecular weight excluding hydrogens is 272 g/mol. The van der Waals surface area contributed by atoms with Crippen LogP contribution in [0.4, 0.5) is 0 Å². The second-order valence-corrected chi connectivity index (χ2v) is 4.66. The first-order chi connectivity index (χ1) is 10.2. The number of azide groups is 1. The fraction of sp³-hybridized carbons (Fsp3) is 0.500. The molecule has 1 unspecified atom stereocenters. The average molecular weight is 290 g/mol. The van der Waals surface area contributed by atoms with Crippen molar-refractivity contribution in [3.63, 3.8) is 0 Å². The molecule has 1 atom stereocenters. The predicted molar refractivity (Wildman–Crippen MR) is 76.4 cm³/mol. The van der Waals surface area contributed by atoms with Crippen LogP contribution in [-0.4, -0.2) is 32.3 Å². The molecule has 0 aliphatic carbocycles. The molecule has 1 aliphatic rings. The molecule has 1 aromatic carbocycles. The summed E-state index contributed by atoms with van der Waals surface area (Å²) in [5.74, 6) is -0.377. The lowest BCUT2D eigenvalue weighted by Crippen LogP contribution is -2.56. The first kappa shape index (κ1) is 15.3. The third-order valence-electron chi connectivity index (χ3n) is 3.38. The molecule has 1 aliphatic heterocycles. The SMILES string of the molecule is CCOC(=O)C1(NCCN=[N+]=[N-])COCc2ccccc21. The molecule has 21 heavy (non-hydrogen) atoms. The first-order valence-electron chi connectivity index (χ1n) is 6.84. The fourth-order valence-corrected chi connectivity index (χ4v) is 2.46. The van der Waals surface area contributed by atoms with Crippen LogP contribution < -0.4 is 5.32 Å². The van der Waals surface area contributed by atoms with E-state index in [2.05, 4.69) is 15.3 Å². The van der Waals surface area contributed by atoms with Crippen LogP contribution in [-0.2, 0) is 26.4 Å². The molecule has 0 saturated heterocycles. The average Bonchev–Trinajstić information content (AvgIpc) is 2.52. The second kappa shape index (κ2) is 7.08. The van der Waals surface area contributed by atoms with E-state index < -0.39 is 5.54 Å². The van der Waals surface area contributed by atoms with Crippen LogP contribution in [0.2, 0.25) is 0 Å². The van der Waals surface area contributed by atoms with Gasteiger partial charge in [0.05, 0.1) is 19.8 Å². The summed E-state index contributed by atoms with van der Waals surface area (Å²) >= 11 is 0. The van der Waals surface area contributed by atoms with Crippen molar-refractivity contribution in [2.24, 2.45) is 5.11 Å². The number of benzene rings is 1. The number of ether oxygens (including phenoxy) is 2. The molecule has 0 bridgehead atoms. The van der Waals surface area contributed by atoms with Crippen LogP contribution in [0.1, 0.15) is 18.1 Å². The molecule has 1 heterocycles. The number of hydrogen-bond acceptors (Lipinski definition) is 5.